The number of carbonyl (C=O) groups excluding carboxylic acids is 1. The molecule has 1 N–H and O–H groups in total. The van der Waals surface area contributed by atoms with Crippen LogP contribution in [0.3, 0.4) is 0 Å². The second kappa shape index (κ2) is 8.75. The highest BCUT2D eigenvalue weighted by molar-refractivity contribution is 7.10. The maximum atomic E-state index is 11.8. The summed E-state index contributed by atoms with van der Waals surface area (Å²) in [6.45, 7) is 4.00. The number of hydrogen-bond acceptors (Lipinski definition) is 4. The lowest BCUT2D eigenvalue weighted by molar-refractivity contribution is -0.130. The second-order valence-electron chi connectivity index (χ2n) is 4.72. The number of rotatable bonds is 6. The van der Waals surface area contributed by atoms with E-state index in [4.69, 9.17) is 5.11 Å². The first-order valence-corrected chi connectivity index (χ1v) is 7.55. The molecule has 0 aliphatic rings. The summed E-state index contributed by atoms with van der Waals surface area (Å²) in [6, 6.07) is 1.96. The average Bonchev–Trinajstić information content (AvgIpc) is 2.83. The number of nitrogens with zero attached hydrogens (tertiary/aromatic N) is 2. The summed E-state index contributed by atoms with van der Waals surface area (Å²) < 4.78 is 0. The second-order valence-corrected chi connectivity index (χ2v) is 5.72. The van der Waals surface area contributed by atoms with Crippen molar-refractivity contribution in [3.63, 3.8) is 0 Å². The molecule has 0 bridgehead atoms. The topological polar surface area (TPSA) is 43.8 Å². The van der Waals surface area contributed by atoms with Gasteiger partial charge in [-0.3, -0.25) is 9.69 Å². The Balaban J connectivity index is 2.75. The lowest BCUT2D eigenvalue weighted by atomic mass is 10.2. The molecule has 0 radical (unpaired) electrons. The number of amides is 1. The van der Waals surface area contributed by atoms with E-state index in [1.807, 2.05) is 11.4 Å². The van der Waals surface area contributed by atoms with Gasteiger partial charge in [-0.05, 0) is 24.4 Å². The van der Waals surface area contributed by atoms with E-state index in [0.717, 1.165) is 30.0 Å². The van der Waals surface area contributed by atoms with Crippen LogP contribution in [0.15, 0.2) is 11.4 Å². The third-order valence-electron chi connectivity index (χ3n) is 2.81. The number of aliphatic hydroxyl groups excluding tert-OH is 1. The number of likely N-dealkylation sites (N-methyl/N-ethyl adjacent to an activating group) is 1. The van der Waals surface area contributed by atoms with Gasteiger partial charge in [-0.25, -0.2) is 0 Å². The van der Waals surface area contributed by atoms with Crippen molar-refractivity contribution in [2.24, 2.45) is 0 Å². The molecule has 1 heterocycles. The number of carbonyl (C=O) groups is 1. The zero-order valence-corrected chi connectivity index (χ0v) is 13.2. The van der Waals surface area contributed by atoms with Gasteiger partial charge >= 0.3 is 0 Å². The molecule has 1 amide bonds. The van der Waals surface area contributed by atoms with Crippen LogP contribution in [-0.2, 0) is 11.3 Å². The largest absolute Gasteiger partial charge is 0.384 e. The van der Waals surface area contributed by atoms with Crippen molar-refractivity contribution in [1.82, 2.24) is 9.80 Å². The summed E-state index contributed by atoms with van der Waals surface area (Å²) in [5, 5.41) is 10.8. The van der Waals surface area contributed by atoms with Crippen molar-refractivity contribution in [1.29, 1.82) is 0 Å². The van der Waals surface area contributed by atoms with Gasteiger partial charge in [-0.1, -0.05) is 18.8 Å². The molecule has 110 valence electrons. The molecule has 0 unspecified atom stereocenters. The van der Waals surface area contributed by atoms with Gasteiger partial charge in [0.1, 0.15) is 6.61 Å². The molecule has 0 aliphatic carbocycles. The van der Waals surface area contributed by atoms with Crippen LogP contribution < -0.4 is 0 Å². The molecular weight excluding hydrogens is 272 g/mol. The summed E-state index contributed by atoms with van der Waals surface area (Å²) in [7, 11) is 3.55. The lowest BCUT2D eigenvalue weighted by Gasteiger charge is -2.22. The van der Waals surface area contributed by atoms with Gasteiger partial charge in [0.25, 0.3) is 0 Å². The first-order chi connectivity index (χ1) is 9.58. The molecular formula is C15H22N2O2S. The van der Waals surface area contributed by atoms with E-state index >= 15 is 0 Å². The van der Waals surface area contributed by atoms with Gasteiger partial charge in [-0.15, -0.1) is 11.3 Å². The molecule has 0 aliphatic heterocycles. The fraction of sp³-hybridized carbons (Fsp3) is 0.533. The van der Waals surface area contributed by atoms with E-state index in [1.54, 1.807) is 30.3 Å². The average molecular weight is 294 g/mol. The van der Waals surface area contributed by atoms with Crippen molar-refractivity contribution >= 4 is 17.2 Å². The standard InChI is InChI=1S/C15H22N2O2S/c1-4-8-17(12-15(19)16(2)3)11-14-13(6-5-9-18)7-10-20-14/h7,10,18H,4,8-9,11-12H2,1-3H3. The van der Waals surface area contributed by atoms with E-state index in [2.05, 4.69) is 23.7 Å². The van der Waals surface area contributed by atoms with Crippen LogP contribution in [0.2, 0.25) is 0 Å². The Kier molecular flexibility index (Phi) is 7.31. The normalized spacial score (nSPS) is 10.2. The third-order valence-corrected chi connectivity index (χ3v) is 3.72. The van der Waals surface area contributed by atoms with E-state index < -0.39 is 0 Å². The quantitative estimate of drug-likeness (QED) is 0.807. The molecule has 0 saturated heterocycles. The van der Waals surface area contributed by atoms with Crippen LogP contribution in [0.5, 0.6) is 0 Å². The number of thiophene rings is 1. The summed E-state index contributed by atoms with van der Waals surface area (Å²) in [5.41, 5.74) is 0.947. The molecule has 1 aromatic rings. The summed E-state index contributed by atoms with van der Waals surface area (Å²) in [6.07, 6.45) is 1.00. The summed E-state index contributed by atoms with van der Waals surface area (Å²) in [5.74, 6) is 5.74. The van der Waals surface area contributed by atoms with Crippen molar-refractivity contribution < 1.29 is 9.90 Å². The predicted molar refractivity (Wildman–Crippen MR) is 82.5 cm³/mol. The SMILES string of the molecule is CCCN(CC(=O)N(C)C)Cc1sccc1C#CCO. The van der Waals surface area contributed by atoms with E-state index in [0.29, 0.717) is 6.54 Å². The maximum Gasteiger partial charge on any atom is 0.236 e. The lowest BCUT2D eigenvalue weighted by Crippen LogP contribution is -2.36. The van der Waals surface area contributed by atoms with Crippen LogP contribution >= 0.6 is 11.3 Å². The maximum absolute atomic E-state index is 11.8. The Hall–Kier alpha value is -1.35. The van der Waals surface area contributed by atoms with Crippen LogP contribution in [0.1, 0.15) is 23.8 Å². The van der Waals surface area contributed by atoms with Crippen molar-refractivity contribution in [3.8, 4) is 11.8 Å². The molecule has 0 fully saturated rings. The van der Waals surface area contributed by atoms with Crippen LogP contribution in [0, 0.1) is 11.8 Å². The smallest absolute Gasteiger partial charge is 0.236 e. The molecule has 0 atom stereocenters. The zero-order chi connectivity index (χ0) is 15.0. The summed E-state index contributed by atoms with van der Waals surface area (Å²) >= 11 is 1.64. The fourth-order valence-corrected chi connectivity index (χ4v) is 2.65. The van der Waals surface area contributed by atoms with E-state index in [1.165, 1.54) is 0 Å². The van der Waals surface area contributed by atoms with Gasteiger partial charge in [0.15, 0.2) is 0 Å². The molecule has 0 aromatic carbocycles. The van der Waals surface area contributed by atoms with Crippen LogP contribution in [-0.4, -0.2) is 54.6 Å². The molecule has 20 heavy (non-hydrogen) atoms. The predicted octanol–water partition coefficient (Wildman–Crippen LogP) is 1.39. The Morgan fingerprint density at radius 3 is 2.80 bits per heavy atom. The Morgan fingerprint density at radius 1 is 1.45 bits per heavy atom. The molecule has 0 saturated carbocycles. The van der Waals surface area contributed by atoms with Crippen LogP contribution in [0.25, 0.3) is 0 Å². The van der Waals surface area contributed by atoms with Crippen molar-refractivity contribution in [2.75, 3.05) is 33.8 Å². The molecule has 0 spiro atoms. The Labute approximate surface area is 125 Å². The highest BCUT2D eigenvalue weighted by Crippen LogP contribution is 2.18. The van der Waals surface area contributed by atoms with E-state index in [-0.39, 0.29) is 12.5 Å². The van der Waals surface area contributed by atoms with Gasteiger partial charge in [-0.2, -0.15) is 0 Å². The monoisotopic (exact) mass is 294 g/mol. The molecule has 1 aromatic heterocycles. The van der Waals surface area contributed by atoms with Gasteiger partial charge in [0, 0.05) is 31.1 Å². The number of aliphatic hydroxyl groups is 1. The highest BCUT2D eigenvalue weighted by Gasteiger charge is 2.14. The van der Waals surface area contributed by atoms with Gasteiger partial charge in [0.05, 0.1) is 6.54 Å². The molecule has 1 rings (SSSR count). The minimum atomic E-state index is -0.132. The molecule has 5 heteroatoms. The molecule has 4 nitrogen and oxygen atoms in total. The Morgan fingerprint density at radius 2 is 2.20 bits per heavy atom. The number of hydrogen-bond donors (Lipinski definition) is 1. The zero-order valence-electron chi connectivity index (χ0n) is 12.3. The minimum Gasteiger partial charge on any atom is -0.384 e. The first kappa shape index (κ1) is 16.7. The van der Waals surface area contributed by atoms with Crippen molar-refractivity contribution in [2.45, 2.75) is 19.9 Å². The summed E-state index contributed by atoms with van der Waals surface area (Å²) in [4.78, 5) is 16.7. The third kappa shape index (κ3) is 5.33. The minimum absolute atomic E-state index is 0.109. The van der Waals surface area contributed by atoms with E-state index in [9.17, 15) is 4.79 Å². The van der Waals surface area contributed by atoms with Crippen LogP contribution in [0.4, 0.5) is 0 Å². The Bertz CT molecular complexity index is 486. The van der Waals surface area contributed by atoms with Gasteiger partial charge < -0.3 is 10.0 Å². The van der Waals surface area contributed by atoms with Gasteiger partial charge in [0.2, 0.25) is 5.91 Å². The fourth-order valence-electron chi connectivity index (χ4n) is 1.78. The first-order valence-electron chi connectivity index (χ1n) is 6.67. The van der Waals surface area contributed by atoms with Crippen molar-refractivity contribution in [3.05, 3.63) is 21.9 Å². The highest BCUT2D eigenvalue weighted by atomic mass is 32.1.